The summed E-state index contributed by atoms with van der Waals surface area (Å²) >= 11 is 0. The molecule has 0 spiro atoms. The molecule has 5 saturated carbocycles. The summed E-state index contributed by atoms with van der Waals surface area (Å²) in [6.45, 7) is 6.06. The van der Waals surface area contributed by atoms with E-state index in [0.717, 1.165) is 63.4 Å². The molecule has 8 atom stereocenters. The first kappa shape index (κ1) is 42.0. The van der Waals surface area contributed by atoms with Crippen LogP contribution < -0.4 is 29.6 Å². The maximum Gasteiger partial charge on any atom is 0.408 e. The number of Topliss-reactive ketones (excluding diaryl/α,β-unsaturated/α-hetero) is 1. The van der Waals surface area contributed by atoms with E-state index >= 15 is 4.79 Å². The van der Waals surface area contributed by atoms with Crippen LogP contribution in [-0.4, -0.2) is 79.8 Å². The van der Waals surface area contributed by atoms with Gasteiger partial charge in [-0.15, -0.1) is 6.58 Å². The van der Waals surface area contributed by atoms with Crippen LogP contribution in [0.15, 0.2) is 36.9 Å². The summed E-state index contributed by atoms with van der Waals surface area (Å²) in [7, 11) is -2.30. The number of pyridine rings is 1. The summed E-state index contributed by atoms with van der Waals surface area (Å²) in [5.41, 5.74) is -0.149. The topological polar surface area (TPSA) is 188 Å². The van der Waals surface area contributed by atoms with Gasteiger partial charge >= 0.3 is 6.09 Å². The number of fused-ring (bicyclic) bond motifs is 4. The Morgan fingerprint density at radius 3 is 2.47 bits per heavy atom. The first-order valence-electron chi connectivity index (χ1n) is 21.9. The summed E-state index contributed by atoms with van der Waals surface area (Å²) in [5, 5.41) is 6.00. The third-order valence-corrected chi connectivity index (χ3v) is 15.5. The number of benzene rings is 1. The monoisotopic (exact) mass is 846 g/mol. The van der Waals surface area contributed by atoms with Gasteiger partial charge in [0.1, 0.15) is 29.2 Å². The van der Waals surface area contributed by atoms with E-state index in [-0.39, 0.29) is 43.0 Å². The average molecular weight is 847 g/mol. The Balaban J connectivity index is 1.18. The number of alkyl carbamates (subject to hydrolysis) is 1. The van der Waals surface area contributed by atoms with Crippen LogP contribution in [0.3, 0.4) is 0 Å². The van der Waals surface area contributed by atoms with Gasteiger partial charge in [-0.2, -0.15) is 0 Å². The lowest BCUT2D eigenvalue weighted by molar-refractivity contribution is -0.136. The molecule has 15 heteroatoms. The lowest BCUT2D eigenvalue weighted by Gasteiger charge is -2.34. The number of nitrogens with one attached hydrogen (secondary N) is 3. The van der Waals surface area contributed by atoms with Crippen molar-refractivity contribution in [2.75, 3.05) is 13.7 Å². The van der Waals surface area contributed by atoms with Crippen LogP contribution in [0.5, 0.6) is 17.4 Å². The third-order valence-electron chi connectivity index (χ3n) is 13.7. The molecular weight excluding hydrogens is 789 g/mol. The predicted octanol–water partition coefficient (Wildman–Crippen LogP) is 6.30. The summed E-state index contributed by atoms with van der Waals surface area (Å²) in [6, 6.07) is 4.62. The fourth-order valence-electron chi connectivity index (χ4n) is 10.1. The number of aromatic nitrogens is 1. The van der Waals surface area contributed by atoms with Gasteiger partial charge in [-0.05, 0) is 95.5 Å². The number of sulfonamides is 1. The van der Waals surface area contributed by atoms with Crippen molar-refractivity contribution in [1.29, 1.82) is 0 Å². The van der Waals surface area contributed by atoms with Crippen molar-refractivity contribution in [2.45, 2.75) is 132 Å². The normalized spacial score (nSPS) is 31.6. The molecule has 1 unspecified atom stereocenters. The number of carbonyl (C=O) groups excluding carboxylic acids is 4. The molecule has 2 heterocycles. The molecule has 60 heavy (non-hydrogen) atoms. The highest BCUT2D eigenvalue weighted by atomic mass is 32.2. The Bertz CT molecular complexity index is 2150. The molecule has 5 aliphatic carbocycles. The van der Waals surface area contributed by atoms with Crippen molar-refractivity contribution in [3.63, 3.8) is 0 Å². The van der Waals surface area contributed by atoms with E-state index in [4.69, 9.17) is 23.9 Å². The Kier molecular flexibility index (Phi) is 12.2. The van der Waals surface area contributed by atoms with Crippen LogP contribution in [0.1, 0.15) is 109 Å². The number of hydrogen-bond donors (Lipinski definition) is 3. The first-order chi connectivity index (χ1) is 28.9. The molecule has 1 aromatic carbocycles. The van der Waals surface area contributed by atoms with Crippen LogP contribution in [0, 0.1) is 29.6 Å². The molecule has 1 aliphatic heterocycles. The lowest BCUT2D eigenvalue weighted by Crippen LogP contribution is -2.55. The van der Waals surface area contributed by atoms with Crippen LogP contribution in [0.4, 0.5) is 4.79 Å². The molecule has 3 amide bonds. The van der Waals surface area contributed by atoms with E-state index in [1.165, 1.54) is 0 Å². The number of methoxy groups -OCH3 is 1. The molecule has 324 valence electrons. The van der Waals surface area contributed by atoms with Crippen molar-refractivity contribution in [3.05, 3.63) is 42.5 Å². The number of ketones is 1. The van der Waals surface area contributed by atoms with Crippen molar-refractivity contribution < 1.29 is 46.5 Å². The molecule has 1 aromatic heterocycles. The van der Waals surface area contributed by atoms with E-state index in [1.54, 1.807) is 19.3 Å². The lowest BCUT2D eigenvalue weighted by atomic mass is 9.77. The second-order valence-corrected chi connectivity index (χ2v) is 19.6. The van der Waals surface area contributed by atoms with Crippen LogP contribution in [0.2, 0.25) is 0 Å². The zero-order chi connectivity index (χ0) is 42.2. The van der Waals surface area contributed by atoms with Crippen molar-refractivity contribution in [3.8, 4) is 17.4 Å². The second kappa shape index (κ2) is 17.4. The van der Waals surface area contributed by atoms with Gasteiger partial charge in [0.25, 0.3) is 5.91 Å². The molecule has 14 nitrogen and oxygen atoms in total. The van der Waals surface area contributed by atoms with Gasteiger partial charge in [-0.25, -0.2) is 18.2 Å². The highest BCUT2D eigenvalue weighted by Crippen LogP contribution is 2.47. The molecular formula is C45H58N4O10S. The number of ether oxygens (including phenoxy) is 4. The van der Waals surface area contributed by atoms with Gasteiger partial charge in [0.05, 0.1) is 36.4 Å². The highest BCUT2D eigenvalue weighted by molar-refractivity contribution is 7.91. The van der Waals surface area contributed by atoms with E-state index in [9.17, 15) is 22.8 Å². The molecule has 3 N–H and O–H groups in total. The number of allylic oxidation sites excluding steroid dienone is 1. The SMILES string of the molecule is C=C[C@@H]1C[C@]1(NC(=O)[C@@H]1C[C@@H]2CC1C(=O)[C@H](C1CCCCC1)NC(=O)O[C@@H]1CCCC[C@H]1C/C=C/c1cc3c(cc(OCC)nc3cc1OC)O2)C(=O)NS(=O)(=O)C1CC1. The molecule has 0 saturated heterocycles. The zero-order valence-electron chi connectivity index (χ0n) is 34.6. The molecule has 8 rings (SSSR count). The number of hydrogen-bond acceptors (Lipinski definition) is 11. The Hall–Kier alpha value is -4.66. The van der Waals surface area contributed by atoms with Crippen molar-refractivity contribution in [1.82, 2.24) is 20.3 Å². The van der Waals surface area contributed by atoms with Crippen LogP contribution in [-0.2, 0) is 29.1 Å². The zero-order valence-corrected chi connectivity index (χ0v) is 35.4. The Morgan fingerprint density at radius 2 is 1.75 bits per heavy atom. The second-order valence-electron chi connectivity index (χ2n) is 17.7. The smallest absolute Gasteiger partial charge is 0.408 e. The van der Waals surface area contributed by atoms with Gasteiger partial charge < -0.3 is 29.6 Å². The summed E-state index contributed by atoms with van der Waals surface area (Å²) in [4.78, 5) is 62.2. The van der Waals surface area contributed by atoms with Gasteiger partial charge in [0.2, 0.25) is 21.8 Å². The molecule has 4 bridgehead atoms. The van der Waals surface area contributed by atoms with Crippen molar-refractivity contribution in [2.24, 2.45) is 29.6 Å². The molecule has 6 aliphatic rings. The predicted molar refractivity (Wildman–Crippen MR) is 224 cm³/mol. The minimum absolute atomic E-state index is 0.0819. The fraction of sp³-hybridized carbons (Fsp3) is 0.622. The first-order valence-corrected chi connectivity index (χ1v) is 23.5. The quantitative estimate of drug-likeness (QED) is 0.228. The summed E-state index contributed by atoms with van der Waals surface area (Å²) < 4.78 is 52.6. The Labute approximate surface area is 352 Å². The van der Waals surface area contributed by atoms with E-state index < -0.39 is 68.6 Å². The maximum atomic E-state index is 15.2. The van der Waals surface area contributed by atoms with E-state index in [0.29, 0.717) is 54.2 Å². The largest absolute Gasteiger partial charge is 0.496 e. The summed E-state index contributed by atoms with van der Waals surface area (Å²) in [5.74, 6) is -2.68. The van der Waals surface area contributed by atoms with E-state index in [1.807, 2.05) is 25.1 Å². The maximum absolute atomic E-state index is 15.2. The Morgan fingerprint density at radius 1 is 1.00 bits per heavy atom. The number of rotatable bonds is 10. The average Bonchev–Trinajstić information content (AvgIpc) is 4.17. The molecule has 5 fully saturated rings. The minimum Gasteiger partial charge on any atom is -0.496 e. The standard InChI is InChI=1S/C45H58N4O10S/c1-4-29-25-45(29,43(52)49-60(54,55)31-18-19-31)48-42(51)33-22-30-21-32(33)41(50)40(27-13-7-6-8-14-27)47-44(53)59-36-17-10-9-12-26(36)15-11-16-28-20-34-35(23-37(28)56-3)46-39(57-5-2)24-38(34)58-30/h4,11,16,20,23-24,26-27,29-33,36,40H,1,5-10,12-15,17-19,21-22,25H2,2-3H3,(H,47,53)(H,48,51)(H,49,52)/b16-11+/t26-,29+,30-,32?,33+,36+,40-,45+/m0/s1. The van der Waals surface area contributed by atoms with Gasteiger partial charge in [-0.3, -0.25) is 19.1 Å². The number of carbonyl (C=O) groups is 4. The van der Waals surface area contributed by atoms with Crippen LogP contribution >= 0.6 is 0 Å². The molecule has 0 radical (unpaired) electrons. The molecule has 2 aromatic rings. The van der Waals surface area contributed by atoms with Crippen LogP contribution in [0.25, 0.3) is 17.0 Å². The summed E-state index contributed by atoms with van der Waals surface area (Å²) in [6.07, 6.45) is 14.0. The van der Waals surface area contributed by atoms with Gasteiger partial charge in [0.15, 0.2) is 5.78 Å². The van der Waals surface area contributed by atoms with Gasteiger partial charge in [0, 0.05) is 34.9 Å². The number of amides is 3. The van der Waals surface area contributed by atoms with Crippen molar-refractivity contribution >= 4 is 50.7 Å². The highest BCUT2D eigenvalue weighted by Gasteiger charge is 2.62. The van der Waals surface area contributed by atoms with E-state index in [2.05, 4.69) is 28.0 Å². The minimum atomic E-state index is -3.90. The van der Waals surface area contributed by atoms with Gasteiger partial charge in [-0.1, -0.05) is 43.9 Å². The fourth-order valence-corrected chi connectivity index (χ4v) is 11.5. The number of nitrogens with zero attached hydrogens (tertiary/aromatic N) is 1. The third kappa shape index (κ3) is 8.73.